The van der Waals surface area contributed by atoms with E-state index in [0.717, 1.165) is 30.3 Å². The third-order valence-corrected chi connectivity index (χ3v) is 5.34. The second kappa shape index (κ2) is 5.13. The Morgan fingerprint density at radius 3 is 2.90 bits per heavy atom. The number of amides is 2. The summed E-state index contributed by atoms with van der Waals surface area (Å²) in [4.78, 5) is 25.4. The number of aryl methyl sites for hydroxylation is 1. The van der Waals surface area contributed by atoms with Gasteiger partial charge >= 0.3 is 0 Å². The average molecular weight is 290 g/mol. The van der Waals surface area contributed by atoms with Crippen LogP contribution >= 0.6 is 11.8 Å². The predicted molar refractivity (Wildman–Crippen MR) is 81.4 cm³/mol. The Hall–Kier alpha value is -1.49. The average Bonchev–Trinajstić information content (AvgIpc) is 2.77. The summed E-state index contributed by atoms with van der Waals surface area (Å²) in [6.45, 7) is 3.11. The van der Waals surface area contributed by atoms with Gasteiger partial charge in [-0.3, -0.25) is 14.9 Å². The van der Waals surface area contributed by atoms with Gasteiger partial charge in [-0.2, -0.15) is 0 Å². The van der Waals surface area contributed by atoms with Crippen LogP contribution in [0, 0.1) is 0 Å². The van der Waals surface area contributed by atoms with Crippen molar-refractivity contribution in [3.63, 3.8) is 0 Å². The third-order valence-electron chi connectivity index (χ3n) is 4.15. The lowest BCUT2D eigenvalue weighted by Gasteiger charge is -2.28. The molecule has 5 heteroatoms. The fraction of sp³-hybridized carbons (Fsp3) is 0.467. The lowest BCUT2D eigenvalue weighted by molar-refractivity contribution is -0.119. The van der Waals surface area contributed by atoms with E-state index in [4.69, 9.17) is 0 Å². The normalized spacial score (nSPS) is 23.5. The van der Waals surface area contributed by atoms with Crippen LogP contribution in [0.2, 0.25) is 0 Å². The molecule has 3 rings (SSSR count). The topological polar surface area (TPSA) is 49.4 Å². The molecule has 4 nitrogen and oxygen atoms in total. The van der Waals surface area contributed by atoms with Crippen LogP contribution in [-0.4, -0.2) is 30.0 Å². The summed E-state index contributed by atoms with van der Waals surface area (Å²) >= 11 is 1.10. The molecule has 2 amide bonds. The first-order valence-corrected chi connectivity index (χ1v) is 7.79. The molecule has 1 saturated heterocycles. The molecule has 1 N–H and O–H groups in total. The molecule has 2 aliphatic heterocycles. The minimum Gasteiger partial charge on any atom is -0.374 e. The van der Waals surface area contributed by atoms with Crippen molar-refractivity contribution in [3.05, 3.63) is 29.3 Å². The highest BCUT2D eigenvalue weighted by Crippen LogP contribution is 2.35. The Kier molecular flexibility index (Phi) is 3.46. The van der Waals surface area contributed by atoms with Crippen LogP contribution in [0.25, 0.3) is 0 Å². The third kappa shape index (κ3) is 2.30. The number of carbonyl (C=O) groups excluding carboxylic acids is 2. The standard InChI is InChI=1S/C15H18N2O2S/c1-9(13-14(18)16-15(19)20-13)10-5-6-12-11(8-10)4-3-7-17(12)2/h5-6,8-9,13H,3-4,7H2,1-2H3,(H,16,18,19). The number of rotatable bonds is 2. The Balaban J connectivity index is 1.87. The maximum atomic E-state index is 11.8. The van der Waals surface area contributed by atoms with E-state index < -0.39 is 0 Å². The van der Waals surface area contributed by atoms with Gasteiger partial charge in [0.2, 0.25) is 5.91 Å². The van der Waals surface area contributed by atoms with E-state index >= 15 is 0 Å². The number of carbonyl (C=O) groups is 2. The second-order valence-corrected chi connectivity index (χ2v) is 6.63. The van der Waals surface area contributed by atoms with Crippen molar-refractivity contribution in [1.29, 1.82) is 0 Å². The maximum Gasteiger partial charge on any atom is 0.286 e. The molecule has 0 saturated carbocycles. The molecule has 0 aliphatic carbocycles. The van der Waals surface area contributed by atoms with Crippen molar-refractivity contribution in [2.24, 2.45) is 0 Å². The molecule has 2 heterocycles. The van der Waals surface area contributed by atoms with E-state index in [0.29, 0.717) is 0 Å². The zero-order valence-electron chi connectivity index (χ0n) is 11.7. The molecule has 0 spiro atoms. The first-order valence-electron chi connectivity index (χ1n) is 6.91. The molecule has 2 unspecified atom stereocenters. The number of benzene rings is 1. The number of anilines is 1. The van der Waals surface area contributed by atoms with Crippen LogP contribution in [0.3, 0.4) is 0 Å². The van der Waals surface area contributed by atoms with E-state index in [1.165, 1.54) is 17.7 Å². The van der Waals surface area contributed by atoms with Crippen LogP contribution in [0.15, 0.2) is 18.2 Å². The lowest BCUT2D eigenvalue weighted by Crippen LogP contribution is -2.28. The van der Waals surface area contributed by atoms with Gasteiger partial charge in [-0.25, -0.2) is 0 Å². The first-order chi connectivity index (χ1) is 9.56. The Morgan fingerprint density at radius 1 is 1.40 bits per heavy atom. The largest absolute Gasteiger partial charge is 0.374 e. The van der Waals surface area contributed by atoms with Crippen molar-refractivity contribution >= 4 is 28.6 Å². The summed E-state index contributed by atoms with van der Waals surface area (Å²) in [6.07, 6.45) is 2.25. The molecule has 2 atom stereocenters. The fourth-order valence-corrected chi connectivity index (χ4v) is 3.88. The van der Waals surface area contributed by atoms with E-state index in [2.05, 4.69) is 35.5 Å². The van der Waals surface area contributed by atoms with Gasteiger partial charge in [-0.05, 0) is 30.0 Å². The number of thioether (sulfide) groups is 1. The van der Waals surface area contributed by atoms with Crippen LogP contribution in [-0.2, 0) is 11.2 Å². The molecule has 106 valence electrons. The minimum absolute atomic E-state index is 0.0454. The molecular weight excluding hydrogens is 272 g/mol. The van der Waals surface area contributed by atoms with Crippen LogP contribution in [0.1, 0.15) is 30.4 Å². The number of hydrogen-bond acceptors (Lipinski definition) is 4. The summed E-state index contributed by atoms with van der Waals surface area (Å²) in [7, 11) is 2.11. The van der Waals surface area contributed by atoms with Gasteiger partial charge in [-0.1, -0.05) is 30.8 Å². The van der Waals surface area contributed by atoms with Gasteiger partial charge < -0.3 is 4.90 Å². The molecule has 20 heavy (non-hydrogen) atoms. The summed E-state index contributed by atoms with van der Waals surface area (Å²) in [5, 5.41) is 1.83. The van der Waals surface area contributed by atoms with Gasteiger partial charge in [0.15, 0.2) is 0 Å². The highest BCUT2D eigenvalue weighted by Gasteiger charge is 2.36. The van der Waals surface area contributed by atoms with Crippen molar-refractivity contribution in [2.75, 3.05) is 18.5 Å². The Morgan fingerprint density at radius 2 is 2.20 bits per heavy atom. The van der Waals surface area contributed by atoms with Crippen molar-refractivity contribution in [2.45, 2.75) is 30.9 Å². The number of nitrogens with one attached hydrogen (secondary N) is 1. The van der Waals surface area contributed by atoms with Gasteiger partial charge in [0.25, 0.3) is 5.24 Å². The highest BCUT2D eigenvalue weighted by molar-refractivity contribution is 8.15. The van der Waals surface area contributed by atoms with Crippen molar-refractivity contribution in [1.82, 2.24) is 5.32 Å². The SMILES string of the molecule is CC(c1ccc2c(c1)CCCN2C)C1SC(=O)NC1=O. The smallest absolute Gasteiger partial charge is 0.286 e. The van der Waals surface area contributed by atoms with Crippen LogP contribution in [0.5, 0.6) is 0 Å². The second-order valence-electron chi connectivity index (χ2n) is 5.52. The molecule has 1 aromatic rings. The number of hydrogen-bond donors (Lipinski definition) is 1. The van der Waals surface area contributed by atoms with Crippen LogP contribution < -0.4 is 10.2 Å². The first kappa shape index (κ1) is 13.5. The minimum atomic E-state index is -0.304. The Labute approximate surface area is 122 Å². The van der Waals surface area contributed by atoms with E-state index in [1.807, 2.05) is 6.92 Å². The molecule has 0 radical (unpaired) electrons. The fourth-order valence-electron chi connectivity index (χ4n) is 2.96. The van der Waals surface area contributed by atoms with Crippen molar-refractivity contribution in [3.8, 4) is 0 Å². The summed E-state index contributed by atoms with van der Waals surface area (Å²) in [6, 6.07) is 6.42. The summed E-state index contributed by atoms with van der Waals surface area (Å²) < 4.78 is 0. The quantitative estimate of drug-likeness (QED) is 0.909. The van der Waals surface area contributed by atoms with E-state index in [9.17, 15) is 9.59 Å². The van der Waals surface area contributed by atoms with Crippen molar-refractivity contribution < 1.29 is 9.59 Å². The Bertz CT molecular complexity index is 573. The zero-order valence-corrected chi connectivity index (χ0v) is 12.5. The molecule has 0 aromatic heterocycles. The monoisotopic (exact) mass is 290 g/mol. The van der Waals surface area contributed by atoms with Gasteiger partial charge in [0, 0.05) is 25.2 Å². The van der Waals surface area contributed by atoms with Gasteiger partial charge in [0.1, 0.15) is 0 Å². The maximum absolute atomic E-state index is 11.8. The summed E-state index contributed by atoms with van der Waals surface area (Å²) in [5.41, 5.74) is 3.77. The summed E-state index contributed by atoms with van der Waals surface area (Å²) in [5.74, 6) is -0.119. The predicted octanol–water partition coefficient (Wildman–Crippen LogP) is 2.52. The van der Waals surface area contributed by atoms with Gasteiger partial charge in [0.05, 0.1) is 5.25 Å². The van der Waals surface area contributed by atoms with E-state index in [-0.39, 0.29) is 22.3 Å². The lowest BCUT2D eigenvalue weighted by atomic mass is 9.92. The molecule has 0 bridgehead atoms. The molecule has 1 fully saturated rings. The zero-order chi connectivity index (χ0) is 14.3. The molecular formula is C15H18N2O2S. The number of nitrogens with zero attached hydrogens (tertiary/aromatic N) is 1. The van der Waals surface area contributed by atoms with Gasteiger partial charge in [-0.15, -0.1) is 0 Å². The molecule has 1 aromatic carbocycles. The number of fused-ring (bicyclic) bond motifs is 1. The van der Waals surface area contributed by atoms with E-state index in [1.54, 1.807) is 0 Å². The van der Waals surface area contributed by atoms with Crippen LogP contribution in [0.4, 0.5) is 10.5 Å². The number of imide groups is 1. The molecule has 2 aliphatic rings. The highest BCUT2D eigenvalue weighted by atomic mass is 32.2.